The Kier molecular flexibility index (Phi) is 4.38. The molecule has 5 nitrogen and oxygen atoms in total. The van der Waals surface area contributed by atoms with Gasteiger partial charge in [0.2, 0.25) is 0 Å². The van der Waals surface area contributed by atoms with Crippen molar-refractivity contribution in [1.82, 2.24) is 5.43 Å². The lowest BCUT2D eigenvalue weighted by Gasteiger charge is -2.08. The van der Waals surface area contributed by atoms with Crippen molar-refractivity contribution in [1.29, 1.82) is 0 Å². The summed E-state index contributed by atoms with van der Waals surface area (Å²) in [6.07, 6.45) is 1.45. The van der Waals surface area contributed by atoms with Gasteiger partial charge in [-0.05, 0) is 30.5 Å². The molecule has 0 unspecified atom stereocenters. The molecule has 3 rings (SSSR count). The Bertz CT molecular complexity index is 847. The number of nitrogens with one attached hydrogen (secondary N) is 1. The quantitative estimate of drug-likeness (QED) is 0.581. The minimum absolute atomic E-state index is 0.109. The largest absolute Gasteiger partial charge is 0.483 e. The van der Waals surface area contributed by atoms with Crippen molar-refractivity contribution in [3.8, 4) is 5.75 Å². The van der Waals surface area contributed by atoms with Crippen molar-refractivity contribution in [3.63, 3.8) is 0 Å². The van der Waals surface area contributed by atoms with Gasteiger partial charge in [0.25, 0.3) is 5.91 Å². The van der Waals surface area contributed by atoms with E-state index in [9.17, 15) is 4.79 Å². The zero-order valence-corrected chi connectivity index (χ0v) is 12.7. The fourth-order valence-electron chi connectivity index (χ4n) is 2.19. The topological polar surface area (TPSA) is 63.8 Å². The maximum absolute atomic E-state index is 11.8. The number of benzene rings is 2. The smallest absolute Gasteiger partial charge is 0.277 e. The third-order valence-corrected chi connectivity index (χ3v) is 3.25. The predicted molar refractivity (Wildman–Crippen MR) is 88.6 cm³/mol. The van der Waals surface area contributed by atoms with Crippen LogP contribution < -0.4 is 10.2 Å². The van der Waals surface area contributed by atoms with Gasteiger partial charge in [0, 0.05) is 5.39 Å². The van der Waals surface area contributed by atoms with Gasteiger partial charge < -0.3 is 9.15 Å². The molecule has 1 aromatic heterocycles. The monoisotopic (exact) mass is 308 g/mol. The second-order valence-corrected chi connectivity index (χ2v) is 5.01. The van der Waals surface area contributed by atoms with Gasteiger partial charge >= 0.3 is 0 Å². The van der Waals surface area contributed by atoms with Gasteiger partial charge in [0.1, 0.15) is 17.3 Å². The molecule has 0 saturated heterocycles. The Morgan fingerprint density at radius 3 is 2.83 bits per heavy atom. The Balaban J connectivity index is 1.57. The van der Waals surface area contributed by atoms with Crippen LogP contribution in [0.3, 0.4) is 0 Å². The number of aryl methyl sites for hydroxylation is 1. The number of furan rings is 1. The summed E-state index contributed by atoms with van der Waals surface area (Å²) in [6.45, 7) is 1.73. The minimum atomic E-state index is -0.336. The summed E-state index contributed by atoms with van der Waals surface area (Å²) in [4.78, 5) is 11.8. The van der Waals surface area contributed by atoms with E-state index in [1.54, 1.807) is 6.07 Å². The molecular weight excluding hydrogens is 292 g/mol. The van der Waals surface area contributed by atoms with Crippen molar-refractivity contribution < 1.29 is 13.9 Å². The van der Waals surface area contributed by atoms with E-state index in [-0.39, 0.29) is 12.5 Å². The Hall–Kier alpha value is -3.08. The molecule has 5 heteroatoms. The summed E-state index contributed by atoms with van der Waals surface area (Å²) in [5.41, 5.74) is 2.40. The van der Waals surface area contributed by atoms with E-state index in [1.165, 1.54) is 6.21 Å². The van der Waals surface area contributed by atoms with Gasteiger partial charge in [-0.25, -0.2) is 5.43 Å². The number of hydrogen-bond acceptors (Lipinski definition) is 4. The first kappa shape index (κ1) is 14.8. The molecule has 0 saturated carbocycles. The zero-order chi connectivity index (χ0) is 16.1. The maximum Gasteiger partial charge on any atom is 0.277 e. The van der Waals surface area contributed by atoms with Crippen molar-refractivity contribution >= 4 is 22.9 Å². The number of hydrazone groups is 1. The van der Waals surface area contributed by atoms with Crippen molar-refractivity contribution in [2.45, 2.75) is 6.92 Å². The van der Waals surface area contributed by atoms with Crippen LogP contribution in [-0.2, 0) is 4.79 Å². The Morgan fingerprint density at radius 2 is 2.00 bits per heavy atom. The molecule has 1 N–H and O–H groups in total. The fourth-order valence-corrected chi connectivity index (χ4v) is 2.19. The Labute approximate surface area is 133 Å². The molecule has 23 heavy (non-hydrogen) atoms. The third-order valence-electron chi connectivity index (χ3n) is 3.25. The molecule has 0 atom stereocenters. The lowest BCUT2D eigenvalue weighted by Crippen LogP contribution is -2.24. The highest BCUT2D eigenvalue weighted by Crippen LogP contribution is 2.24. The van der Waals surface area contributed by atoms with E-state index in [0.29, 0.717) is 11.5 Å². The highest BCUT2D eigenvalue weighted by atomic mass is 16.5. The maximum atomic E-state index is 11.8. The lowest BCUT2D eigenvalue weighted by atomic mass is 10.1. The summed E-state index contributed by atoms with van der Waals surface area (Å²) < 4.78 is 10.9. The summed E-state index contributed by atoms with van der Waals surface area (Å²) in [5, 5.41) is 5.87. The first-order valence-electron chi connectivity index (χ1n) is 7.21. The summed E-state index contributed by atoms with van der Waals surface area (Å²) in [7, 11) is 0. The van der Waals surface area contributed by atoms with Crippen molar-refractivity contribution in [2.75, 3.05) is 6.61 Å². The Morgan fingerprint density at radius 1 is 1.17 bits per heavy atom. The molecule has 1 heterocycles. The first-order chi connectivity index (χ1) is 11.2. The minimum Gasteiger partial charge on any atom is -0.483 e. The average molecular weight is 308 g/mol. The molecule has 0 aliphatic rings. The van der Waals surface area contributed by atoms with Gasteiger partial charge in [0.05, 0.1) is 6.21 Å². The number of rotatable bonds is 5. The number of hydrogen-bond donors (Lipinski definition) is 1. The summed E-state index contributed by atoms with van der Waals surface area (Å²) in [6, 6.07) is 17.2. The van der Waals surface area contributed by atoms with Crippen molar-refractivity contribution in [2.24, 2.45) is 5.10 Å². The van der Waals surface area contributed by atoms with Crippen LogP contribution in [0, 0.1) is 6.92 Å². The number of nitrogens with zero attached hydrogens (tertiary/aromatic N) is 1. The summed E-state index contributed by atoms with van der Waals surface area (Å²) >= 11 is 0. The second kappa shape index (κ2) is 6.79. The van der Waals surface area contributed by atoms with Crippen LogP contribution in [0.15, 0.2) is 64.1 Å². The molecule has 0 bridgehead atoms. The molecule has 0 aliphatic carbocycles. The van der Waals surface area contributed by atoms with E-state index in [0.717, 1.165) is 16.5 Å². The molecule has 0 aliphatic heterocycles. The molecule has 116 valence electrons. The van der Waals surface area contributed by atoms with Gasteiger partial charge in [-0.1, -0.05) is 36.4 Å². The number of carbonyl (C=O) groups is 1. The highest BCUT2D eigenvalue weighted by Gasteiger charge is 2.05. The molecule has 3 aromatic rings. The number of ether oxygens (including phenoxy) is 1. The van der Waals surface area contributed by atoms with Crippen LogP contribution in [0.25, 0.3) is 10.8 Å². The van der Waals surface area contributed by atoms with Crippen LogP contribution in [0.4, 0.5) is 0 Å². The number of fused-ring (bicyclic) bond motifs is 1. The van der Waals surface area contributed by atoms with Crippen LogP contribution >= 0.6 is 0 Å². The van der Waals surface area contributed by atoms with Gasteiger partial charge in [-0.15, -0.1) is 0 Å². The van der Waals surface area contributed by atoms with Gasteiger partial charge in [0.15, 0.2) is 6.61 Å². The normalized spacial score (nSPS) is 11.0. The SMILES string of the molecule is Cc1ccc(/C=N/NC(=O)COc2cccc3ccccc23)o1. The van der Waals surface area contributed by atoms with Crippen LogP contribution in [0.1, 0.15) is 11.5 Å². The highest BCUT2D eigenvalue weighted by molar-refractivity contribution is 5.88. The second-order valence-electron chi connectivity index (χ2n) is 5.01. The predicted octanol–water partition coefficient (Wildman–Crippen LogP) is 3.27. The lowest BCUT2D eigenvalue weighted by molar-refractivity contribution is -0.123. The van der Waals surface area contributed by atoms with E-state index >= 15 is 0 Å². The molecular formula is C18H16N2O3. The van der Waals surface area contributed by atoms with E-state index in [2.05, 4.69) is 10.5 Å². The van der Waals surface area contributed by atoms with Crippen LogP contribution in [-0.4, -0.2) is 18.7 Å². The molecule has 2 aromatic carbocycles. The standard InChI is InChI=1S/C18H16N2O3/c1-13-9-10-15(23-13)11-19-20-18(21)12-22-17-8-4-6-14-5-2-3-7-16(14)17/h2-11H,12H2,1H3,(H,20,21)/b19-11+. The van der Waals surface area contributed by atoms with Crippen molar-refractivity contribution in [3.05, 3.63) is 66.1 Å². The molecule has 0 spiro atoms. The molecule has 0 fully saturated rings. The van der Waals surface area contributed by atoms with Gasteiger partial charge in [-0.3, -0.25) is 4.79 Å². The van der Waals surface area contributed by atoms with E-state index in [4.69, 9.17) is 9.15 Å². The zero-order valence-electron chi connectivity index (χ0n) is 12.7. The number of carbonyl (C=O) groups excluding carboxylic acids is 1. The summed E-state index contributed by atoms with van der Waals surface area (Å²) in [5.74, 6) is 1.70. The van der Waals surface area contributed by atoms with Gasteiger partial charge in [-0.2, -0.15) is 5.10 Å². The average Bonchev–Trinajstić information content (AvgIpc) is 2.98. The molecule has 0 radical (unpaired) electrons. The third kappa shape index (κ3) is 3.77. The van der Waals surface area contributed by atoms with E-state index in [1.807, 2.05) is 55.5 Å². The fraction of sp³-hybridized carbons (Fsp3) is 0.111. The number of amides is 1. The first-order valence-corrected chi connectivity index (χ1v) is 7.21. The van der Waals surface area contributed by atoms with Crippen LogP contribution in [0.2, 0.25) is 0 Å². The van der Waals surface area contributed by atoms with E-state index < -0.39 is 0 Å². The molecule has 1 amide bonds. The van der Waals surface area contributed by atoms with Crippen LogP contribution in [0.5, 0.6) is 5.75 Å².